The highest BCUT2D eigenvalue weighted by Gasteiger charge is 2.08. The van der Waals surface area contributed by atoms with E-state index < -0.39 is 0 Å². The number of ether oxygens (including phenoxy) is 2. The third-order valence-corrected chi connectivity index (χ3v) is 2.31. The molecule has 16 heavy (non-hydrogen) atoms. The fourth-order valence-corrected chi connectivity index (χ4v) is 1.42. The summed E-state index contributed by atoms with van der Waals surface area (Å²) in [4.78, 5) is 8.02. The molecule has 7 heteroatoms. The van der Waals surface area contributed by atoms with Gasteiger partial charge >= 0.3 is 6.01 Å². The number of hydrogen-bond donors (Lipinski definition) is 1. The van der Waals surface area contributed by atoms with E-state index in [4.69, 9.17) is 9.47 Å². The molecule has 0 aliphatic heterocycles. The van der Waals surface area contributed by atoms with Gasteiger partial charge in [0, 0.05) is 11.8 Å². The van der Waals surface area contributed by atoms with Gasteiger partial charge in [0.1, 0.15) is 0 Å². The van der Waals surface area contributed by atoms with Crippen LogP contribution in [0.2, 0.25) is 0 Å². The molecule has 2 aromatic heterocycles. The minimum absolute atomic E-state index is 0.187. The van der Waals surface area contributed by atoms with Gasteiger partial charge in [-0.25, -0.2) is 4.98 Å². The Balaban J connectivity index is 2.21. The van der Waals surface area contributed by atoms with Gasteiger partial charge < -0.3 is 9.47 Å². The zero-order valence-corrected chi connectivity index (χ0v) is 10.3. The Kier molecular flexibility index (Phi) is 3.04. The quantitative estimate of drug-likeness (QED) is 0.934. The largest absolute Gasteiger partial charge is 0.480 e. The van der Waals surface area contributed by atoms with E-state index in [0.29, 0.717) is 16.2 Å². The Bertz CT molecular complexity index is 500. The molecule has 2 rings (SSSR count). The summed E-state index contributed by atoms with van der Waals surface area (Å²) in [7, 11) is 1.52. The Hall–Kier alpha value is -1.63. The van der Waals surface area contributed by atoms with Crippen LogP contribution in [-0.2, 0) is 0 Å². The zero-order chi connectivity index (χ0) is 11.5. The first kappa shape index (κ1) is 10.9. The zero-order valence-electron chi connectivity index (χ0n) is 8.69. The van der Waals surface area contributed by atoms with Crippen LogP contribution in [0, 0.1) is 6.92 Å². The van der Waals surface area contributed by atoms with Crippen LogP contribution < -0.4 is 9.47 Å². The molecule has 0 aliphatic carbocycles. The van der Waals surface area contributed by atoms with Crippen molar-refractivity contribution >= 4 is 15.9 Å². The van der Waals surface area contributed by atoms with Gasteiger partial charge in [-0.05, 0) is 22.9 Å². The SMILES string of the molecule is COc1nc(Oc2cc(C)[nH]n2)ncc1Br. The number of aromatic nitrogens is 4. The lowest BCUT2D eigenvalue weighted by atomic mass is 10.5. The average molecular weight is 285 g/mol. The van der Waals surface area contributed by atoms with E-state index in [-0.39, 0.29) is 6.01 Å². The summed E-state index contributed by atoms with van der Waals surface area (Å²) in [5, 5.41) is 6.67. The number of aryl methyl sites for hydroxylation is 1. The Morgan fingerprint density at radius 3 is 2.88 bits per heavy atom. The van der Waals surface area contributed by atoms with Crippen LogP contribution >= 0.6 is 15.9 Å². The predicted octanol–water partition coefficient (Wildman–Crippen LogP) is 2.07. The van der Waals surface area contributed by atoms with Gasteiger partial charge in [-0.1, -0.05) is 0 Å². The standard InChI is InChI=1S/C9H9BrN4O2/c1-5-3-7(14-13-5)16-9-11-4-6(10)8(12-9)15-2/h3-4H,1-2H3,(H,13,14). The molecule has 84 valence electrons. The molecule has 1 N–H and O–H groups in total. The summed E-state index contributed by atoms with van der Waals surface area (Å²) in [6.07, 6.45) is 1.56. The topological polar surface area (TPSA) is 72.9 Å². The highest BCUT2D eigenvalue weighted by atomic mass is 79.9. The molecule has 0 aliphatic rings. The summed E-state index contributed by atoms with van der Waals surface area (Å²) in [5.41, 5.74) is 0.902. The summed E-state index contributed by atoms with van der Waals surface area (Å²) in [6, 6.07) is 1.93. The summed E-state index contributed by atoms with van der Waals surface area (Å²) in [6.45, 7) is 1.88. The van der Waals surface area contributed by atoms with Crippen LogP contribution in [0.4, 0.5) is 0 Å². The molecule has 0 saturated carbocycles. The van der Waals surface area contributed by atoms with Crippen molar-refractivity contribution in [2.24, 2.45) is 0 Å². The Labute approximate surface area is 100 Å². The van der Waals surface area contributed by atoms with E-state index in [2.05, 4.69) is 36.1 Å². The van der Waals surface area contributed by atoms with Crippen molar-refractivity contribution in [3.05, 3.63) is 22.4 Å². The van der Waals surface area contributed by atoms with E-state index in [1.54, 1.807) is 12.3 Å². The van der Waals surface area contributed by atoms with E-state index in [1.807, 2.05) is 6.92 Å². The molecule has 0 fully saturated rings. The van der Waals surface area contributed by atoms with Crippen LogP contribution in [0.1, 0.15) is 5.69 Å². The van der Waals surface area contributed by atoms with Crippen molar-refractivity contribution in [2.45, 2.75) is 6.92 Å². The van der Waals surface area contributed by atoms with Crippen molar-refractivity contribution in [1.82, 2.24) is 20.2 Å². The minimum Gasteiger partial charge on any atom is -0.480 e. The van der Waals surface area contributed by atoms with Crippen LogP contribution in [-0.4, -0.2) is 27.3 Å². The van der Waals surface area contributed by atoms with Crippen molar-refractivity contribution < 1.29 is 9.47 Å². The maximum absolute atomic E-state index is 5.33. The van der Waals surface area contributed by atoms with Crippen molar-refractivity contribution in [1.29, 1.82) is 0 Å². The van der Waals surface area contributed by atoms with E-state index >= 15 is 0 Å². The lowest BCUT2D eigenvalue weighted by molar-refractivity contribution is 0.369. The summed E-state index contributed by atoms with van der Waals surface area (Å²) >= 11 is 3.25. The maximum Gasteiger partial charge on any atom is 0.326 e. The third-order valence-electron chi connectivity index (χ3n) is 1.76. The van der Waals surface area contributed by atoms with E-state index in [1.165, 1.54) is 7.11 Å². The maximum atomic E-state index is 5.33. The highest BCUT2D eigenvalue weighted by Crippen LogP contribution is 2.24. The number of aromatic amines is 1. The van der Waals surface area contributed by atoms with Gasteiger partial charge in [-0.3, -0.25) is 5.10 Å². The summed E-state index contributed by atoms with van der Waals surface area (Å²) < 4.78 is 11.0. The number of nitrogens with one attached hydrogen (secondary N) is 1. The average Bonchev–Trinajstić information content (AvgIpc) is 2.67. The molecule has 0 spiro atoms. The second-order valence-electron chi connectivity index (χ2n) is 3.00. The van der Waals surface area contributed by atoms with Crippen molar-refractivity contribution in [3.63, 3.8) is 0 Å². The first-order valence-electron chi connectivity index (χ1n) is 4.45. The molecule has 0 radical (unpaired) electrons. The molecule has 0 bridgehead atoms. The molecule has 2 aromatic rings. The van der Waals surface area contributed by atoms with Crippen LogP contribution in [0.3, 0.4) is 0 Å². The van der Waals surface area contributed by atoms with Crippen LogP contribution in [0.25, 0.3) is 0 Å². The van der Waals surface area contributed by atoms with E-state index in [0.717, 1.165) is 5.69 Å². The normalized spacial score (nSPS) is 10.2. The predicted molar refractivity (Wildman–Crippen MR) is 59.7 cm³/mol. The molecule has 0 saturated heterocycles. The smallest absolute Gasteiger partial charge is 0.326 e. The highest BCUT2D eigenvalue weighted by molar-refractivity contribution is 9.10. The molecule has 2 heterocycles. The molecule has 6 nitrogen and oxygen atoms in total. The molecule has 0 atom stereocenters. The van der Waals surface area contributed by atoms with Gasteiger partial charge in [0.2, 0.25) is 11.8 Å². The molecular weight excluding hydrogens is 276 g/mol. The van der Waals surface area contributed by atoms with Crippen molar-refractivity contribution in [2.75, 3.05) is 7.11 Å². The molecule has 0 amide bonds. The number of rotatable bonds is 3. The number of hydrogen-bond acceptors (Lipinski definition) is 5. The minimum atomic E-state index is 0.187. The molecular formula is C9H9BrN4O2. The fourth-order valence-electron chi connectivity index (χ4n) is 1.07. The fraction of sp³-hybridized carbons (Fsp3) is 0.222. The van der Waals surface area contributed by atoms with Crippen LogP contribution in [0.5, 0.6) is 17.8 Å². The number of H-pyrrole nitrogens is 1. The molecule has 0 aromatic carbocycles. The number of nitrogens with zero attached hydrogens (tertiary/aromatic N) is 3. The van der Waals surface area contributed by atoms with Gasteiger partial charge in [0.15, 0.2) is 0 Å². The Morgan fingerprint density at radius 2 is 2.25 bits per heavy atom. The van der Waals surface area contributed by atoms with Gasteiger partial charge in [0.05, 0.1) is 17.8 Å². The van der Waals surface area contributed by atoms with Crippen LogP contribution in [0.15, 0.2) is 16.7 Å². The first-order valence-corrected chi connectivity index (χ1v) is 5.24. The first-order chi connectivity index (χ1) is 7.69. The second-order valence-corrected chi connectivity index (χ2v) is 3.86. The lowest BCUT2D eigenvalue weighted by Crippen LogP contribution is -1.95. The second kappa shape index (κ2) is 4.48. The van der Waals surface area contributed by atoms with Gasteiger partial charge in [0.25, 0.3) is 0 Å². The monoisotopic (exact) mass is 284 g/mol. The number of halogens is 1. The van der Waals surface area contributed by atoms with Crippen molar-refractivity contribution in [3.8, 4) is 17.8 Å². The van der Waals surface area contributed by atoms with Gasteiger partial charge in [-0.15, -0.1) is 5.10 Å². The third kappa shape index (κ3) is 2.30. The molecule has 0 unspecified atom stereocenters. The summed E-state index contributed by atoms with van der Waals surface area (Å²) in [5.74, 6) is 0.833. The lowest BCUT2D eigenvalue weighted by Gasteiger charge is -2.03. The van der Waals surface area contributed by atoms with E-state index in [9.17, 15) is 0 Å². The number of methoxy groups -OCH3 is 1. The van der Waals surface area contributed by atoms with Gasteiger partial charge in [-0.2, -0.15) is 4.98 Å². The Morgan fingerprint density at radius 1 is 1.44 bits per heavy atom.